The van der Waals surface area contributed by atoms with Gasteiger partial charge >= 0.3 is 0 Å². The zero-order valence-electron chi connectivity index (χ0n) is 16.4. The van der Waals surface area contributed by atoms with Crippen LogP contribution >= 0.6 is 31.9 Å². The van der Waals surface area contributed by atoms with Crippen LogP contribution in [0.15, 0.2) is 87.3 Å². The molecule has 7 heteroatoms. The summed E-state index contributed by atoms with van der Waals surface area (Å²) in [5.41, 5.74) is 2.40. The van der Waals surface area contributed by atoms with E-state index in [2.05, 4.69) is 42.5 Å². The van der Waals surface area contributed by atoms with Crippen molar-refractivity contribution in [2.75, 3.05) is 0 Å². The first-order valence-corrected chi connectivity index (χ1v) is 11.1. The van der Waals surface area contributed by atoms with Gasteiger partial charge in [-0.25, -0.2) is 0 Å². The number of halogens is 2. The van der Waals surface area contributed by atoms with E-state index in [4.69, 9.17) is 0 Å². The third-order valence-electron chi connectivity index (χ3n) is 4.43. The van der Waals surface area contributed by atoms with Gasteiger partial charge in [0.05, 0.1) is 8.95 Å². The SMILES string of the molecule is O=C(NCc1ccccc1)C(=Cc1cc(Br)c(O)c(Br)c1)C(=O)NCc1ccccc1. The van der Waals surface area contributed by atoms with Gasteiger partial charge in [-0.15, -0.1) is 0 Å². The van der Waals surface area contributed by atoms with Crippen LogP contribution in [0.25, 0.3) is 6.08 Å². The van der Waals surface area contributed by atoms with Crippen molar-refractivity contribution >= 4 is 49.8 Å². The van der Waals surface area contributed by atoms with E-state index in [1.165, 1.54) is 6.08 Å². The van der Waals surface area contributed by atoms with E-state index in [0.717, 1.165) is 11.1 Å². The molecular weight excluding hydrogens is 524 g/mol. The van der Waals surface area contributed by atoms with Crippen molar-refractivity contribution < 1.29 is 14.7 Å². The first kappa shape index (κ1) is 22.8. The number of amides is 2. The average molecular weight is 544 g/mol. The monoisotopic (exact) mass is 542 g/mol. The fraction of sp³-hybridized carbons (Fsp3) is 0.0833. The van der Waals surface area contributed by atoms with E-state index in [0.29, 0.717) is 27.6 Å². The Morgan fingerprint density at radius 1 is 0.774 bits per heavy atom. The van der Waals surface area contributed by atoms with Gasteiger partial charge in [-0.1, -0.05) is 60.7 Å². The third-order valence-corrected chi connectivity index (χ3v) is 5.64. The Kier molecular flexibility index (Phi) is 8.03. The molecule has 0 saturated carbocycles. The molecule has 0 radical (unpaired) electrons. The molecule has 0 aromatic heterocycles. The van der Waals surface area contributed by atoms with Crippen molar-refractivity contribution in [3.8, 4) is 5.75 Å². The normalized spacial score (nSPS) is 10.3. The fourth-order valence-electron chi connectivity index (χ4n) is 2.82. The van der Waals surface area contributed by atoms with Crippen LogP contribution in [0.1, 0.15) is 16.7 Å². The lowest BCUT2D eigenvalue weighted by Gasteiger charge is -2.11. The molecule has 0 unspecified atom stereocenters. The van der Waals surface area contributed by atoms with Gasteiger partial charge in [0, 0.05) is 13.1 Å². The van der Waals surface area contributed by atoms with E-state index in [1.54, 1.807) is 12.1 Å². The summed E-state index contributed by atoms with van der Waals surface area (Å²) in [5.74, 6) is -0.940. The van der Waals surface area contributed by atoms with Crippen molar-refractivity contribution in [2.45, 2.75) is 13.1 Å². The molecular formula is C24H20Br2N2O3. The highest BCUT2D eigenvalue weighted by Gasteiger charge is 2.19. The summed E-state index contributed by atoms with van der Waals surface area (Å²) in [5, 5.41) is 15.5. The highest BCUT2D eigenvalue weighted by molar-refractivity contribution is 9.11. The quantitative estimate of drug-likeness (QED) is 0.224. The number of aromatic hydroxyl groups is 1. The second kappa shape index (κ2) is 10.9. The molecule has 0 aliphatic heterocycles. The Bertz CT molecular complexity index is 1020. The Morgan fingerprint density at radius 3 is 1.61 bits per heavy atom. The summed E-state index contributed by atoms with van der Waals surface area (Å²) in [7, 11) is 0. The number of carbonyl (C=O) groups excluding carboxylic acids is 2. The van der Waals surface area contributed by atoms with Crippen LogP contribution in [-0.2, 0) is 22.7 Å². The highest BCUT2D eigenvalue weighted by atomic mass is 79.9. The molecule has 3 aromatic carbocycles. The molecule has 0 heterocycles. The van der Waals surface area contributed by atoms with Gasteiger partial charge in [0.25, 0.3) is 11.8 Å². The number of carbonyl (C=O) groups is 2. The minimum atomic E-state index is -0.491. The summed E-state index contributed by atoms with van der Waals surface area (Å²) in [4.78, 5) is 25.8. The highest BCUT2D eigenvalue weighted by Crippen LogP contribution is 2.34. The summed E-state index contributed by atoms with van der Waals surface area (Å²) >= 11 is 6.55. The predicted octanol–water partition coefficient (Wildman–Crippen LogP) is 4.93. The molecule has 2 amide bonds. The molecule has 3 aromatic rings. The standard InChI is InChI=1S/C24H20Br2N2O3/c25-20-12-18(13-21(26)22(20)29)11-19(23(30)27-14-16-7-3-1-4-8-16)24(31)28-15-17-9-5-2-6-10-17/h1-13,29H,14-15H2,(H,27,30)(H,28,31). The molecule has 0 bridgehead atoms. The molecule has 0 aliphatic carbocycles. The van der Waals surface area contributed by atoms with Gasteiger partial charge in [0.15, 0.2) is 0 Å². The first-order valence-electron chi connectivity index (χ1n) is 9.48. The van der Waals surface area contributed by atoms with Crippen LogP contribution in [0.2, 0.25) is 0 Å². The van der Waals surface area contributed by atoms with Crippen molar-refractivity contribution in [3.05, 3.63) is 104 Å². The number of hydrogen-bond donors (Lipinski definition) is 3. The second-order valence-corrected chi connectivity index (χ2v) is 8.44. The van der Waals surface area contributed by atoms with Crippen LogP contribution < -0.4 is 10.6 Å². The van der Waals surface area contributed by atoms with Crippen LogP contribution in [0.5, 0.6) is 5.75 Å². The van der Waals surface area contributed by atoms with Gasteiger partial charge in [0.1, 0.15) is 11.3 Å². The van der Waals surface area contributed by atoms with E-state index >= 15 is 0 Å². The summed E-state index contributed by atoms with van der Waals surface area (Å²) < 4.78 is 0.892. The first-order chi connectivity index (χ1) is 14.9. The van der Waals surface area contributed by atoms with Crippen molar-refractivity contribution in [2.24, 2.45) is 0 Å². The average Bonchev–Trinajstić information content (AvgIpc) is 2.79. The van der Waals surface area contributed by atoms with Crippen molar-refractivity contribution in [1.29, 1.82) is 0 Å². The zero-order chi connectivity index (χ0) is 22.2. The number of benzene rings is 3. The largest absolute Gasteiger partial charge is 0.506 e. The Morgan fingerprint density at radius 2 is 1.19 bits per heavy atom. The molecule has 0 spiro atoms. The van der Waals surface area contributed by atoms with Gasteiger partial charge in [-0.2, -0.15) is 0 Å². The lowest BCUT2D eigenvalue weighted by atomic mass is 10.1. The molecule has 0 fully saturated rings. The number of phenolic OH excluding ortho intramolecular Hbond substituents is 1. The van der Waals surface area contributed by atoms with Gasteiger partial charge < -0.3 is 15.7 Å². The summed E-state index contributed by atoms with van der Waals surface area (Å²) in [6.45, 7) is 0.595. The fourth-order valence-corrected chi connectivity index (χ4v) is 4.04. The molecule has 0 saturated heterocycles. The van der Waals surface area contributed by atoms with Crippen LogP contribution in [-0.4, -0.2) is 16.9 Å². The molecule has 0 aliphatic rings. The molecule has 3 rings (SSSR count). The minimum Gasteiger partial charge on any atom is -0.506 e. The van der Waals surface area contributed by atoms with Crippen molar-refractivity contribution in [3.63, 3.8) is 0 Å². The molecule has 158 valence electrons. The second-order valence-electron chi connectivity index (χ2n) is 6.73. The third kappa shape index (κ3) is 6.54. The lowest BCUT2D eigenvalue weighted by molar-refractivity contribution is -0.123. The van der Waals surface area contributed by atoms with Crippen LogP contribution in [0, 0.1) is 0 Å². The van der Waals surface area contributed by atoms with Crippen LogP contribution in [0.3, 0.4) is 0 Å². The smallest absolute Gasteiger partial charge is 0.257 e. The van der Waals surface area contributed by atoms with E-state index < -0.39 is 11.8 Å². The van der Waals surface area contributed by atoms with Crippen LogP contribution in [0.4, 0.5) is 0 Å². The lowest BCUT2D eigenvalue weighted by Crippen LogP contribution is -2.34. The van der Waals surface area contributed by atoms with E-state index in [-0.39, 0.29) is 11.3 Å². The van der Waals surface area contributed by atoms with Gasteiger partial charge in [-0.05, 0) is 66.8 Å². The number of rotatable bonds is 7. The predicted molar refractivity (Wildman–Crippen MR) is 128 cm³/mol. The van der Waals surface area contributed by atoms with E-state index in [9.17, 15) is 14.7 Å². The molecule has 3 N–H and O–H groups in total. The Balaban J connectivity index is 1.83. The molecule has 31 heavy (non-hydrogen) atoms. The summed E-state index contributed by atoms with van der Waals surface area (Å²) in [6, 6.07) is 22.2. The zero-order valence-corrected chi connectivity index (χ0v) is 19.6. The maximum atomic E-state index is 12.9. The Hall–Kier alpha value is -2.90. The summed E-state index contributed by atoms with van der Waals surface area (Å²) in [6.07, 6.45) is 1.50. The van der Waals surface area contributed by atoms with Gasteiger partial charge in [0.2, 0.25) is 0 Å². The Labute approximate surface area is 197 Å². The van der Waals surface area contributed by atoms with Crippen molar-refractivity contribution in [1.82, 2.24) is 10.6 Å². The maximum Gasteiger partial charge on any atom is 0.257 e. The number of nitrogens with one attached hydrogen (secondary N) is 2. The topological polar surface area (TPSA) is 78.4 Å². The minimum absolute atomic E-state index is 0.0312. The number of hydrogen-bond acceptors (Lipinski definition) is 3. The van der Waals surface area contributed by atoms with E-state index in [1.807, 2.05) is 60.7 Å². The van der Waals surface area contributed by atoms with Gasteiger partial charge in [-0.3, -0.25) is 9.59 Å². The maximum absolute atomic E-state index is 12.9. The molecule has 0 atom stereocenters. The number of phenols is 1. The molecule has 5 nitrogen and oxygen atoms in total.